The number of halogens is 1. The minimum Gasteiger partial charge on any atom is -0.356 e. The Labute approximate surface area is 118 Å². The molecule has 0 bridgehead atoms. The van der Waals surface area contributed by atoms with E-state index in [0.717, 1.165) is 42.7 Å². The van der Waals surface area contributed by atoms with Crippen LogP contribution in [0.3, 0.4) is 0 Å². The van der Waals surface area contributed by atoms with Crippen molar-refractivity contribution < 1.29 is 0 Å². The van der Waals surface area contributed by atoms with Gasteiger partial charge in [-0.2, -0.15) is 11.8 Å². The van der Waals surface area contributed by atoms with Crippen LogP contribution in [0.1, 0.15) is 19.0 Å². The first-order valence-corrected chi connectivity index (χ1v) is 8.03. The van der Waals surface area contributed by atoms with E-state index >= 15 is 0 Å². The lowest BCUT2D eigenvalue weighted by atomic mass is 10.3. The maximum atomic E-state index is 6.18. The molecule has 0 spiro atoms. The number of nitrogens with zero attached hydrogens (tertiary/aromatic N) is 2. The molecule has 3 nitrogen and oxygen atoms in total. The molecule has 1 aliphatic heterocycles. The van der Waals surface area contributed by atoms with Crippen molar-refractivity contribution in [2.45, 2.75) is 19.9 Å². The highest BCUT2D eigenvalue weighted by Crippen LogP contribution is 2.21. The largest absolute Gasteiger partial charge is 0.356 e. The van der Waals surface area contributed by atoms with E-state index in [4.69, 9.17) is 16.6 Å². The van der Waals surface area contributed by atoms with Gasteiger partial charge in [-0.05, 0) is 30.9 Å². The normalized spacial score (nSPS) is 16.7. The number of anilines is 1. The number of pyridine rings is 1. The summed E-state index contributed by atoms with van der Waals surface area (Å²) in [6, 6.07) is 4.00. The number of hydrogen-bond donors (Lipinski definition) is 1. The third-order valence-electron chi connectivity index (χ3n) is 2.99. The Kier molecular flexibility index (Phi) is 5.60. The van der Waals surface area contributed by atoms with Crippen molar-refractivity contribution in [2.24, 2.45) is 0 Å². The number of hydrogen-bond acceptors (Lipinski definition) is 4. The summed E-state index contributed by atoms with van der Waals surface area (Å²) in [6.45, 7) is 5.94. The highest BCUT2D eigenvalue weighted by atomic mass is 35.5. The average molecular weight is 286 g/mol. The Morgan fingerprint density at radius 1 is 1.39 bits per heavy atom. The summed E-state index contributed by atoms with van der Waals surface area (Å²) < 4.78 is 0. The molecule has 0 aliphatic carbocycles. The molecule has 5 heteroatoms. The van der Waals surface area contributed by atoms with Gasteiger partial charge in [-0.1, -0.05) is 18.5 Å². The first-order chi connectivity index (χ1) is 8.81. The Bertz CT molecular complexity index is 378. The van der Waals surface area contributed by atoms with Gasteiger partial charge in [0.15, 0.2) is 0 Å². The smallest absolute Gasteiger partial charge is 0.128 e. The standard InChI is InChI=1S/C13H20ClN3S/c1-2-15-10-12-11(14)4-5-13(16-12)17-6-3-8-18-9-7-17/h4-5,15H,2-3,6-10H2,1H3. The molecule has 1 aliphatic rings. The van der Waals surface area contributed by atoms with Gasteiger partial charge in [-0.3, -0.25) is 0 Å². The summed E-state index contributed by atoms with van der Waals surface area (Å²) in [5.41, 5.74) is 0.952. The fourth-order valence-corrected chi connectivity index (χ4v) is 3.05. The molecule has 1 saturated heterocycles. The molecular formula is C13H20ClN3S. The lowest BCUT2D eigenvalue weighted by Crippen LogP contribution is -2.27. The molecule has 0 amide bonds. The van der Waals surface area contributed by atoms with Gasteiger partial charge < -0.3 is 10.2 Å². The van der Waals surface area contributed by atoms with Gasteiger partial charge in [0.05, 0.1) is 10.7 Å². The third-order valence-corrected chi connectivity index (χ3v) is 4.39. The fourth-order valence-electron chi connectivity index (χ4n) is 1.99. The number of rotatable bonds is 4. The molecule has 0 atom stereocenters. The summed E-state index contributed by atoms with van der Waals surface area (Å²) in [4.78, 5) is 7.06. The monoisotopic (exact) mass is 285 g/mol. The molecule has 0 unspecified atom stereocenters. The lowest BCUT2D eigenvalue weighted by Gasteiger charge is -2.22. The molecule has 100 valence electrons. The first-order valence-electron chi connectivity index (χ1n) is 6.50. The molecule has 0 saturated carbocycles. The van der Waals surface area contributed by atoms with E-state index in [1.807, 2.05) is 23.9 Å². The SMILES string of the molecule is CCNCc1nc(N2CCCSCC2)ccc1Cl. The maximum absolute atomic E-state index is 6.18. The van der Waals surface area contributed by atoms with Crippen LogP contribution in [-0.2, 0) is 6.54 Å². The molecule has 2 heterocycles. The Balaban J connectivity index is 2.11. The summed E-state index contributed by atoms with van der Waals surface area (Å²) >= 11 is 8.21. The molecule has 18 heavy (non-hydrogen) atoms. The van der Waals surface area contributed by atoms with Crippen molar-refractivity contribution in [3.8, 4) is 0 Å². The molecule has 1 aromatic heterocycles. The summed E-state index contributed by atoms with van der Waals surface area (Å²) in [5.74, 6) is 3.51. The van der Waals surface area contributed by atoms with Crippen LogP contribution in [-0.4, -0.2) is 36.1 Å². The van der Waals surface area contributed by atoms with Crippen LogP contribution in [0.5, 0.6) is 0 Å². The van der Waals surface area contributed by atoms with E-state index in [2.05, 4.69) is 17.1 Å². The Morgan fingerprint density at radius 2 is 2.28 bits per heavy atom. The molecule has 1 aromatic rings. The van der Waals surface area contributed by atoms with Crippen LogP contribution >= 0.6 is 23.4 Å². The Hall–Kier alpha value is -0.450. The maximum Gasteiger partial charge on any atom is 0.128 e. The van der Waals surface area contributed by atoms with Gasteiger partial charge in [-0.15, -0.1) is 0 Å². The van der Waals surface area contributed by atoms with E-state index in [1.165, 1.54) is 17.9 Å². The zero-order valence-corrected chi connectivity index (χ0v) is 12.4. The van der Waals surface area contributed by atoms with Crippen LogP contribution < -0.4 is 10.2 Å². The summed E-state index contributed by atoms with van der Waals surface area (Å²) in [7, 11) is 0. The van der Waals surface area contributed by atoms with Crippen molar-refractivity contribution in [3.63, 3.8) is 0 Å². The van der Waals surface area contributed by atoms with Crippen LogP contribution in [0.15, 0.2) is 12.1 Å². The van der Waals surface area contributed by atoms with Gasteiger partial charge in [-0.25, -0.2) is 4.98 Å². The average Bonchev–Trinajstić information content (AvgIpc) is 2.67. The van der Waals surface area contributed by atoms with Crippen molar-refractivity contribution in [3.05, 3.63) is 22.8 Å². The molecule has 0 radical (unpaired) electrons. The first kappa shape index (κ1) is 14.0. The van der Waals surface area contributed by atoms with E-state index in [9.17, 15) is 0 Å². The van der Waals surface area contributed by atoms with Crippen LogP contribution in [0.25, 0.3) is 0 Å². The minimum absolute atomic E-state index is 0.742. The van der Waals surface area contributed by atoms with Gasteiger partial charge >= 0.3 is 0 Å². The molecule has 1 fully saturated rings. The van der Waals surface area contributed by atoms with E-state index in [0.29, 0.717) is 0 Å². The van der Waals surface area contributed by atoms with E-state index in [1.54, 1.807) is 0 Å². The van der Waals surface area contributed by atoms with Gasteiger partial charge in [0.25, 0.3) is 0 Å². The second kappa shape index (κ2) is 7.22. The van der Waals surface area contributed by atoms with Crippen molar-refractivity contribution in [2.75, 3.05) is 36.0 Å². The van der Waals surface area contributed by atoms with Crippen LogP contribution in [0, 0.1) is 0 Å². The summed E-state index contributed by atoms with van der Waals surface area (Å²) in [6.07, 6.45) is 1.23. The molecule has 1 N–H and O–H groups in total. The minimum atomic E-state index is 0.742. The molecule has 2 rings (SSSR count). The van der Waals surface area contributed by atoms with Crippen LogP contribution in [0.4, 0.5) is 5.82 Å². The van der Waals surface area contributed by atoms with Crippen molar-refractivity contribution in [1.29, 1.82) is 0 Å². The third kappa shape index (κ3) is 3.77. The quantitative estimate of drug-likeness (QED) is 0.921. The zero-order valence-electron chi connectivity index (χ0n) is 10.8. The van der Waals surface area contributed by atoms with Crippen LogP contribution in [0.2, 0.25) is 5.02 Å². The predicted molar refractivity (Wildman–Crippen MR) is 80.8 cm³/mol. The topological polar surface area (TPSA) is 28.2 Å². The van der Waals surface area contributed by atoms with E-state index in [-0.39, 0.29) is 0 Å². The highest BCUT2D eigenvalue weighted by Gasteiger charge is 2.12. The zero-order chi connectivity index (χ0) is 12.8. The van der Waals surface area contributed by atoms with Gasteiger partial charge in [0, 0.05) is 25.4 Å². The Morgan fingerprint density at radius 3 is 3.11 bits per heavy atom. The van der Waals surface area contributed by atoms with Gasteiger partial charge in [0.1, 0.15) is 5.82 Å². The lowest BCUT2D eigenvalue weighted by molar-refractivity contribution is 0.706. The highest BCUT2D eigenvalue weighted by molar-refractivity contribution is 7.99. The van der Waals surface area contributed by atoms with Crippen molar-refractivity contribution in [1.82, 2.24) is 10.3 Å². The van der Waals surface area contributed by atoms with E-state index < -0.39 is 0 Å². The second-order valence-corrected chi connectivity index (χ2v) is 5.96. The predicted octanol–water partition coefficient (Wildman–Crippen LogP) is 2.79. The number of thioether (sulfide) groups is 1. The summed E-state index contributed by atoms with van der Waals surface area (Å²) in [5, 5.41) is 4.03. The molecular weight excluding hydrogens is 266 g/mol. The molecule has 0 aromatic carbocycles. The van der Waals surface area contributed by atoms with Gasteiger partial charge in [0.2, 0.25) is 0 Å². The number of aromatic nitrogens is 1. The number of nitrogens with one attached hydrogen (secondary N) is 1. The second-order valence-electron chi connectivity index (χ2n) is 4.33. The fraction of sp³-hybridized carbons (Fsp3) is 0.615. The van der Waals surface area contributed by atoms with Crippen molar-refractivity contribution >= 4 is 29.2 Å².